The molecule has 0 radical (unpaired) electrons. The Labute approximate surface area is 191 Å². The Balaban J connectivity index is 0. The van der Waals surface area contributed by atoms with Gasteiger partial charge in [-0.3, -0.25) is 0 Å². The van der Waals surface area contributed by atoms with Crippen LogP contribution in [0.2, 0.25) is 0 Å². The number of aliphatic carboxylic acids is 2. The first kappa shape index (κ1) is 32.9. The van der Waals surface area contributed by atoms with Crippen molar-refractivity contribution in [2.75, 3.05) is 13.6 Å². The number of phenols is 1. The molecule has 0 aromatic heterocycles. The van der Waals surface area contributed by atoms with Gasteiger partial charge in [-0.15, -0.1) is 0 Å². The van der Waals surface area contributed by atoms with Crippen LogP contribution in [0.3, 0.4) is 0 Å². The number of likely N-dealkylation sites (tertiary alicyclic amines) is 1. The van der Waals surface area contributed by atoms with Crippen molar-refractivity contribution in [3.63, 3.8) is 0 Å². The average Bonchev–Trinajstić information content (AvgIpc) is 2.70. The number of fused-ring (bicyclic) bond motifs is 1. The molecule has 12 nitrogen and oxygen atoms in total. The van der Waals surface area contributed by atoms with E-state index in [-0.39, 0.29) is 21.9 Å². The van der Waals surface area contributed by atoms with E-state index in [9.17, 15) is 14.7 Å². The summed E-state index contributed by atoms with van der Waals surface area (Å²) < 4.78 is 0. The normalized spacial score (nSPS) is 26.4. The van der Waals surface area contributed by atoms with E-state index in [1.807, 2.05) is 6.07 Å². The van der Waals surface area contributed by atoms with Gasteiger partial charge in [0.05, 0.1) is 0 Å². The third-order valence-electron chi connectivity index (χ3n) is 6.90. The van der Waals surface area contributed by atoms with Crippen molar-refractivity contribution in [3.8, 4) is 5.75 Å². The maximum atomic E-state index is 9.91. The number of aliphatic hydroxyl groups is 2. The van der Waals surface area contributed by atoms with E-state index < -0.39 is 24.1 Å². The number of aliphatic hydroxyl groups excluding tert-OH is 2. The summed E-state index contributed by atoms with van der Waals surface area (Å²) in [6, 6.07) is 6.85. The second kappa shape index (κ2) is 12.8. The molecule has 3 aliphatic rings. The molecule has 0 unspecified atom stereocenters. The molecule has 1 aromatic rings. The van der Waals surface area contributed by atoms with Crippen LogP contribution in [0.5, 0.6) is 5.75 Å². The lowest BCUT2D eigenvalue weighted by Gasteiger charge is -2.58. The predicted molar refractivity (Wildman–Crippen MR) is 118 cm³/mol. The predicted octanol–water partition coefficient (Wildman–Crippen LogP) is -2.34. The van der Waals surface area contributed by atoms with Crippen LogP contribution in [0.25, 0.3) is 0 Å². The first-order chi connectivity index (χ1) is 13.7. The molecule has 5 atom stereocenters. The molecule has 2 bridgehead atoms. The largest absolute Gasteiger partial charge is 0.508 e. The third kappa shape index (κ3) is 6.18. The minimum atomic E-state index is -2.27. The summed E-state index contributed by atoms with van der Waals surface area (Å²) in [5.74, 6) is -2.27. The van der Waals surface area contributed by atoms with E-state index in [1.165, 1.54) is 56.2 Å². The molecule has 192 valence electrons. The van der Waals surface area contributed by atoms with E-state index in [0.29, 0.717) is 11.2 Å². The minimum Gasteiger partial charge on any atom is -0.508 e. The van der Waals surface area contributed by atoms with Crippen molar-refractivity contribution < 1.29 is 57.0 Å². The van der Waals surface area contributed by atoms with Gasteiger partial charge in [0.2, 0.25) is 0 Å². The molecular weight excluding hydrogens is 442 g/mol. The zero-order valence-electron chi connectivity index (χ0n) is 18.5. The number of nitrogens with zero attached hydrogens (tertiary/aromatic N) is 1. The van der Waals surface area contributed by atoms with E-state index >= 15 is 0 Å². The lowest BCUT2D eigenvalue weighted by atomic mass is 9.52. The molecule has 33 heavy (non-hydrogen) atoms. The van der Waals surface area contributed by atoms with E-state index in [4.69, 9.17) is 20.4 Å². The van der Waals surface area contributed by atoms with Gasteiger partial charge in [0.15, 0.2) is 12.2 Å². The van der Waals surface area contributed by atoms with Crippen LogP contribution in [0.15, 0.2) is 18.2 Å². The molecule has 1 aliphatic heterocycles. The van der Waals surface area contributed by atoms with Crippen molar-refractivity contribution in [3.05, 3.63) is 29.3 Å². The maximum absolute atomic E-state index is 9.91. The first-order valence-electron chi connectivity index (χ1n) is 10.0. The summed E-state index contributed by atoms with van der Waals surface area (Å²) in [5.41, 5.74) is 3.36. The molecule has 1 saturated carbocycles. The van der Waals surface area contributed by atoms with Gasteiger partial charge in [-0.05, 0) is 68.5 Å². The number of hydrogen-bond donors (Lipinski definition) is 5. The Hall–Kier alpha value is -2.32. The highest BCUT2D eigenvalue weighted by Gasteiger charge is 2.53. The Morgan fingerprint density at radius 2 is 1.58 bits per heavy atom. The van der Waals surface area contributed by atoms with Crippen molar-refractivity contribution in [2.45, 2.75) is 62.2 Å². The maximum Gasteiger partial charge on any atom is 0.335 e. The molecule has 1 heterocycles. The first-order valence-corrected chi connectivity index (χ1v) is 10.0. The van der Waals surface area contributed by atoms with Crippen LogP contribution in [-0.2, 0) is 21.4 Å². The molecule has 1 saturated heterocycles. The molecule has 0 amide bonds. The monoisotopic (exact) mass is 479 g/mol. The molecule has 2 fully saturated rings. The Morgan fingerprint density at radius 3 is 2.12 bits per heavy atom. The van der Waals surface area contributed by atoms with Gasteiger partial charge in [0.25, 0.3) is 0 Å². The van der Waals surface area contributed by atoms with Gasteiger partial charge in [0, 0.05) is 11.5 Å². The summed E-state index contributed by atoms with van der Waals surface area (Å²) in [6.45, 7) is 1.22. The fourth-order valence-electron chi connectivity index (χ4n) is 5.45. The van der Waals surface area contributed by atoms with Gasteiger partial charge < -0.3 is 52.3 Å². The fourth-order valence-corrected chi connectivity index (χ4v) is 5.45. The van der Waals surface area contributed by atoms with Crippen LogP contribution in [0.1, 0.15) is 43.2 Å². The summed E-state index contributed by atoms with van der Waals surface area (Å²) in [6.07, 6.45) is 3.39. The molecule has 13 N–H and O–H groups in total. The molecule has 1 aromatic carbocycles. The van der Waals surface area contributed by atoms with E-state index in [2.05, 4.69) is 24.1 Å². The van der Waals surface area contributed by atoms with Crippen LogP contribution < -0.4 is 0 Å². The van der Waals surface area contributed by atoms with Gasteiger partial charge >= 0.3 is 11.9 Å². The second-order valence-electron chi connectivity index (χ2n) is 8.42. The zero-order valence-corrected chi connectivity index (χ0v) is 18.5. The number of carboxylic acids is 2. The molecule has 4 rings (SSSR count). The third-order valence-corrected chi connectivity index (χ3v) is 6.90. The highest BCUT2D eigenvalue weighted by Crippen LogP contribution is 2.55. The Bertz CT molecular complexity index is 771. The lowest BCUT2D eigenvalue weighted by Crippen LogP contribution is -2.59. The number of piperidine rings is 1. The fraction of sp³-hybridized carbons (Fsp3) is 0.619. The number of carbonyl (C=O) groups is 2. The van der Waals surface area contributed by atoms with Crippen LogP contribution >= 0.6 is 0 Å². The zero-order chi connectivity index (χ0) is 21.3. The Morgan fingerprint density at radius 1 is 1.00 bits per heavy atom. The summed E-state index contributed by atoms with van der Waals surface area (Å²) in [4.78, 5) is 22.1. The van der Waals surface area contributed by atoms with Gasteiger partial charge in [0.1, 0.15) is 5.75 Å². The summed E-state index contributed by atoms with van der Waals surface area (Å²) >= 11 is 0. The SMILES string of the molecule is CN1CC[C@]23CCCC[C@H]2[C@H]1Cc1ccc(O)cc13.O.O.O.O.O=C(O)[C@H](O)[C@@H](O)C(=O)O. The van der Waals surface area contributed by atoms with Crippen molar-refractivity contribution in [1.29, 1.82) is 0 Å². The van der Waals surface area contributed by atoms with Crippen LogP contribution in [0, 0.1) is 5.92 Å². The van der Waals surface area contributed by atoms with Crippen LogP contribution in [0.4, 0.5) is 0 Å². The smallest absolute Gasteiger partial charge is 0.335 e. The van der Waals surface area contributed by atoms with Crippen molar-refractivity contribution >= 4 is 11.9 Å². The second-order valence-corrected chi connectivity index (χ2v) is 8.42. The number of aromatic hydroxyl groups is 1. The lowest BCUT2D eigenvalue weighted by molar-refractivity contribution is -0.165. The summed E-state index contributed by atoms with van der Waals surface area (Å²) in [7, 11) is 2.30. The van der Waals surface area contributed by atoms with E-state index in [0.717, 1.165) is 12.0 Å². The standard InChI is InChI=1S/C17H23NO.C4H6O6.4H2O/c1-18-9-8-17-7-3-2-4-14(17)16(18)10-12-5-6-13(19)11-15(12)17;5-1(3(7)8)2(6)4(9)10;;;;/h5-6,11,14,16,19H,2-4,7-10H2,1H3;1-2,5-6H,(H,7,8)(H,9,10);4*1H2/t14-,16+,17+;1-,2-;;;;/m01..../s1. The minimum absolute atomic E-state index is 0. The molecule has 0 spiro atoms. The summed E-state index contributed by atoms with van der Waals surface area (Å²) in [5, 5.41) is 42.4. The Kier molecular flexibility index (Phi) is 12.7. The van der Waals surface area contributed by atoms with Crippen molar-refractivity contribution in [2.24, 2.45) is 5.92 Å². The van der Waals surface area contributed by atoms with Crippen LogP contribution in [-0.4, -0.2) is 96.1 Å². The topological polar surface area (TPSA) is 265 Å². The highest BCUT2D eigenvalue weighted by molar-refractivity contribution is 5.83. The highest BCUT2D eigenvalue weighted by atomic mass is 16.4. The molecular formula is C21H37NO11. The number of rotatable bonds is 3. The van der Waals surface area contributed by atoms with Crippen molar-refractivity contribution in [1.82, 2.24) is 4.90 Å². The quantitative estimate of drug-likeness (QED) is 0.312. The number of carboxylic acid groups (broad SMARTS) is 2. The van der Waals surface area contributed by atoms with E-state index in [1.54, 1.807) is 0 Å². The van der Waals surface area contributed by atoms with Gasteiger partial charge in [-0.25, -0.2) is 9.59 Å². The number of benzene rings is 1. The van der Waals surface area contributed by atoms with Gasteiger partial charge in [-0.2, -0.15) is 0 Å². The van der Waals surface area contributed by atoms with Gasteiger partial charge in [-0.1, -0.05) is 18.9 Å². The number of hydrogen-bond acceptors (Lipinski definition) is 6. The number of phenolic OH excluding ortho intramolecular Hbond substituents is 1. The average molecular weight is 480 g/mol. The number of likely N-dealkylation sites (N-methyl/N-ethyl adjacent to an activating group) is 1. The molecule has 2 aliphatic carbocycles. The molecule has 12 heteroatoms.